The van der Waals surface area contributed by atoms with Gasteiger partial charge in [0.1, 0.15) is 30.2 Å². The molecule has 0 saturated carbocycles. The number of aromatic nitrogens is 1. The molecule has 3 N–H and O–H groups in total. The van der Waals surface area contributed by atoms with Crippen molar-refractivity contribution in [2.45, 2.75) is 44.2 Å². The van der Waals surface area contributed by atoms with Crippen molar-refractivity contribution in [1.82, 2.24) is 20.9 Å². The van der Waals surface area contributed by atoms with Crippen LogP contribution in [0.4, 0.5) is 5.69 Å². The molecule has 0 spiro atoms. The van der Waals surface area contributed by atoms with E-state index in [2.05, 4.69) is 461 Å². The molecule has 0 radical (unpaired) electrons. The Morgan fingerprint density at radius 1 is 0.313 bits per heavy atom. The fourth-order valence-electron chi connectivity index (χ4n) is 21.3. The molecule has 8 nitrogen and oxygen atoms in total. The molecule has 0 bridgehead atoms. The minimum Gasteiger partial charge on any atom is -0.350 e. The molecule has 4 unspecified atom stereocenters. The molecule has 0 saturated heterocycles. The van der Waals surface area contributed by atoms with Crippen molar-refractivity contribution >= 4 is 105 Å². The first-order chi connectivity index (χ1) is 64.7. The van der Waals surface area contributed by atoms with Crippen molar-refractivity contribution in [2.24, 2.45) is 25.9 Å². The monoisotopic (exact) mass is 1670 g/mol. The average molecular weight is 1680 g/mol. The number of nitrogens with zero attached hydrogens (tertiary/aromatic N) is 5. The predicted molar refractivity (Wildman–Crippen MR) is 546 cm³/mol. The summed E-state index contributed by atoms with van der Waals surface area (Å²) >= 11 is 0. The van der Waals surface area contributed by atoms with E-state index in [4.69, 9.17) is 25.0 Å². The normalized spacial score (nSPS) is 16.6. The van der Waals surface area contributed by atoms with Crippen molar-refractivity contribution in [3.63, 3.8) is 0 Å². The summed E-state index contributed by atoms with van der Waals surface area (Å²) in [7, 11) is 0. The number of nitrogens with one attached hydrogen (secondary N) is 3. The molecule has 1 aromatic heterocycles. The maximum atomic E-state index is 5.73. The largest absolute Gasteiger partial charge is 0.350 e. The van der Waals surface area contributed by atoms with Gasteiger partial charge < -0.3 is 10.6 Å². The fourth-order valence-corrected chi connectivity index (χ4v) is 21.3. The molecule has 5 aliphatic rings. The molecule has 618 valence electrons. The molecule has 0 amide bonds. The van der Waals surface area contributed by atoms with Gasteiger partial charge in [-0.1, -0.05) is 396 Å². The lowest BCUT2D eigenvalue weighted by Gasteiger charge is -2.32. The van der Waals surface area contributed by atoms with E-state index in [0.717, 1.165) is 145 Å². The topological polar surface area (TPSA) is 98.4 Å². The summed E-state index contributed by atoms with van der Waals surface area (Å²) in [5, 5.41) is 24.2. The maximum absolute atomic E-state index is 5.73. The van der Waals surface area contributed by atoms with Crippen LogP contribution >= 0.6 is 0 Å². The highest BCUT2D eigenvalue weighted by atomic mass is 15.3. The van der Waals surface area contributed by atoms with Crippen LogP contribution in [-0.2, 0) is 5.41 Å². The Balaban J connectivity index is 0.522. The van der Waals surface area contributed by atoms with E-state index in [-0.39, 0.29) is 23.7 Å². The van der Waals surface area contributed by atoms with Crippen LogP contribution in [-0.4, -0.2) is 28.2 Å². The lowest BCUT2D eigenvalue weighted by molar-refractivity contribution is 0.409. The fraction of sp³-hybridized carbons (Fsp3) is 0.0650. The van der Waals surface area contributed by atoms with Crippen LogP contribution in [0.15, 0.2) is 451 Å². The van der Waals surface area contributed by atoms with Gasteiger partial charge >= 0.3 is 0 Å². The molecule has 4 heterocycles. The third-order valence-electron chi connectivity index (χ3n) is 27.7. The van der Waals surface area contributed by atoms with E-state index in [9.17, 15) is 0 Å². The van der Waals surface area contributed by atoms with Crippen LogP contribution in [0.2, 0.25) is 0 Å². The van der Waals surface area contributed by atoms with Crippen molar-refractivity contribution in [3.05, 3.63) is 492 Å². The van der Waals surface area contributed by atoms with Gasteiger partial charge in [0.05, 0.1) is 22.6 Å². The highest BCUT2D eigenvalue weighted by Gasteiger charge is 2.39. The second-order valence-corrected chi connectivity index (χ2v) is 35.7. The SMILES string of the molecule is CC1(C)c2cc(-c3ccc(C4=NC(c5ccc(-c6ccc7c(c6)C6=C(c8ccccc8)C=CCC6C(c6ccccc6)=N7)cc5)NC(c5ccccc5)N4)cc3)ccc2-c2cccc(-c3ccc4cc(C5=NC(c6cc7ccccc7c7ccccc67)NC(c6ccc(-c7ccc8nc(-c9ccccc9)c9cccc(-c%10ccccc%10)c9c8c7)cc6)=N5)c5ccccc5c4c3)c21. The first-order valence-electron chi connectivity index (χ1n) is 45.4. The highest BCUT2D eigenvalue weighted by molar-refractivity contribution is 6.24. The van der Waals surface area contributed by atoms with E-state index >= 15 is 0 Å². The highest BCUT2D eigenvalue weighted by Crippen LogP contribution is 2.55. The van der Waals surface area contributed by atoms with Crippen molar-refractivity contribution < 1.29 is 0 Å². The third kappa shape index (κ3) is 13.4. The molecule has 2 aliphatic carbocycles. The summed E-state index contributed by atoms with van der Waals surface area (Å²) in [5.74, 6) is 2.39. The number of benzene rings is 19. The quantitative estimate of drug-likeness (QED) is 0.0945. The minimum atomic E-state index is -0.483. The van der Waals surface area contributed by atoms with Gasteiger partial charge in [-0.15, -0.1) is 0 Å². The predicted octanol–water partition coefficient (Wildman–Crippen LogP) is 29.8. The lowest BCUT2D eigenvalue weighted by Crippen LogP contribution is -2.44. The molecule has 25 rings (SSSR count). The number of aliphatic imine (C=N–C) groups is 4. The Bertz CT molecular complexity index is 8260. The molecular weight excluding hydrogens is 1590 g/mol. The average Bonchev–Trinajstić information content (AvgIpc) is 1.55. The Morgan fingerprint density at radius 2 is 0.863 bits per heavy atom. The van der Waals surface area contributed by atoms with Crippen LogP contribution in [0.5, 0.6) is 0 Å². The summed E-state index contributed by atoms with van der Waals surface area (Å²) in [5.41, 5.74) is 33.9. The molecule has 3 aliphatic heterocycles. The molecule has 0 fully saturated rings. The zero-order valence-corrected chi connectivity index (χ0v) is 72.2. The number of fused-ring (bicyclic) bond motifs is 15. The lowest BCUT2D eigenvalue weighted by atomic mass is 9.74. The van der Waals surface area contributed by atoms with E-state index in [1.165, 1.54) is 99.5 Å². The molecule has 20 aromatic rings. The van der Waals surface area contributed by atoms with Crippen LogP contribution in [0.1, 0.15) is 100.0 Å². The van der Waals surface area contributed by atoms with Gasteiger partial charge in [0.15, 0.2) is 5.84 Å². The van der Waals surface area contributed by atoms with Crippen LogP contribution in [0, 0.1) is 5.92 Å². The first kappa shape index (κ1) is 77.0. The number of amidine groups is 3. The van der Waals surface area contributed by atoms with Crippen LogP contribution < -0.4 is 16.0 Å². The van der Waals surface area contributed by atoms with E-state index in [0.29, 0.717) is 5.84 Å². The van der Waals surface area contributed by atoms with E-state index in [1.54, 1.807) is 0 Å². The van der Waals surface area contributed by atoms with Crippen LogP contribution in [0.3, 0.4) is 0 Å². The van der Waals surface area contributed by atoms with Gasteiger partial charge in [-0.25, -0.2) is 20.0 Å². The molecule has 8 heteroatoms. The standard InChI is InChI=1S/C123H86N8/c1-123(2)109-74-88(77-53-59-84(60-54-77)119-127-117(82-35-16-7-17-36-82)126-118(128-119)83-55-49-75(50-56-83)86-64-67-110-107(69-86)112-93(78-27-8-3-9-28-78)43-24-47-102(112)115(124-110)80-31-12-5-13-32-80)63-66-100(109)101-46-26-45-95(114(101)123)90-61-62-91-73-106(99-42-23-21-40-97(99)104(91)71-90)122-130-120(129-121(131-122)105-72-89-37-18-19-38-92(89)96-39-20-22-41-98(96)105)85-57-51-76(52-58-85)87-65-68-111-108(70-87)113-94(79-29-10-4-11-30-79)44-25-48-103(113)116(125-111)81-33-14-6-15-34-81/h3-46,48-74,102,117-118,121,126H,47H2,1-2H3,(H,127,128)(H,129,130,131). The van der Waals surface area contributed by atoms with Crippen molar-refractivity contribution in [1.29, 1.82) is 0 Å². The summed E-state index contributed by atoms with van der Waals surface area (Å²) in [4.78, 5) is 27.7. The second kappa shape index (κ2) is 31.6. The van der Waals surface area contributed by atoms with Gasteiger partial charge in [-0.3, -0.25) is 10.3 Å². The smallest absolute Gasteiger partial charge is 0.160 e. The summed E-state index contributed by atoms with van der Waals surface area (Å²) < 4.78 is 0. The number of hydrogen-bond acceptors (Lipinski definition) is 8. The second-order valence-electron chi connectivity index (χ2n) is 35.7. The Labute approximate surface area is 760 Å². The van der Waals surface area contributed by atoms with Gasteiger partial charge in [0.2, 0.25) is 0 Å². The zero-order chi connectivity index (χ0) is 86.8. The molecule has 131 heavy (non-hydrogen) atoms. The van der Waals surface area contributed by atoms with E-state index in [1.807, 2.05) is 0 Å². The minimum absolute atomic E-state index is 0.132. The van der Waals surface area contributed by atoms with Crippen molar-refractivity contribution in [3.8, 4) is 78.0 Å². The number of allylic oxidation sites excluding steroid dienone is 4. The van der Waals surface area contributed by atoms with E-state index < -0.39 is 6.17 Å². The Morgan fingerprint density at radius 3 is 1.60 bits per heavy atom. The maximum Gasteiger partial charge on any atom is 0.160 e. The number of rotatable bonds is 14. The van der Waals surface area contributed by atoms with Crippen LogP contribution in [0.25, 0.3) is 154 Å². The van der Waals surface area contributed by atoms with Gasteiger partial charge in [-0.05, 0) is 209 Å². The molecule has 4 atom stereocenters. The zero-order valence-electron chi connectivity index (χ0n) is 72.2. The third-order valence-corrected chi connectivity index (χ3v) is 27.7. The number of hydrogen-bond donors (Lipinski definition) is 3. The van der Waals surface area contributed by atoms with Gasteiger partial charge in [0.25, 0.3) is 0 Å². The summed E-state index contributed by atoms with van der Waals surface area (Å²) in [6.45, 7) is 4.81. The first-order valence-corrected chi connectivity index (χ1v) is 45.4. The molecule has 19 aromatic carbocycles. The number of pyridine rings is 1. The van der Waals surface area contributed by atoms with Crippen molar-refractivity contribution in [2.75, 3.05) is 0 Å². The molecular formula is C123H86N8. The Kier molecular flexibility index (Phi) is 18.6. The van der Waals surface area contributed by atoms with Gasteiger partial charge in [0, 0.05) is 60.9 Å². The summed E-state index contributed by atoms with van der Waals surface area (Å²) in [6, 6.07) is 152. The summed E-state index contributed by atoms with van der Waals surface area (Å²) in [6.07, 6.45) is 4.54. The van der Waals surface area contributed by atoms with Gasteiger partial charge in [-0.2, -0.15) is 0 Å². The Hall–Kier alpha value is -16.4.